The van der Waals surface area contributed by atoms with Crippen molar-refractivity contribution in [2.24, 2.45) is 11.3 Å². The molecule has 0 aliphatic heterocycles. The lowest BCUT2D eigenvalue weighted by Gasteiger charge is -2.38. The van der Waals surface area contributed by atoms with Gasteiger partial charge in [0, 0.05) is 19.1 Å². The molecular formula is C17H36N2. The molecule has 1 fully saturated rings. The maximum absolute atomic E-state index is 3.59. The zero-order valence-electron chi connectivity index (χ0n) is 14.0. The summed E-state index contributed by atoms with van der Waals surface area (Å²) in [6.45, 7) is 13.0. The number of likely N-dealkylation sites (N-methyl/N-ethyl adjacent to an activating group) is 1. The van der Waals surface area contributed by atoms with Gasteiger partial charge < -0.3 is 10.2 Å². The van der Waals surface area contributed by atoms with Gasteiger partial charge in [-0.15, -0.1) is 0 Å². The van der Waals surface area contributed by atoms with E-state index in [1.165, 1.54) is 51.6 Å². The molecule has 2 heteroatoms. The van der Waals surface area contributed by atoms with Crippen LogP contribution in [0.5, 0.6) is 0 Å². The Labute approximate surface area is 121 Å². The Kier molecular flexibility index (Phi) is 7.38. The summed E-state index contributed by atoms with van der Waals surface area (Å²) in [7, 11) is 2.30. The Balaban J connectivity index is 2.03. The largest absolute Gasteiger partial charge is 0.315 e. The van der Waals surface area contributed by atoms with Crippen LogP contribution in [0.3, 0.4) is 0 Å². The SMILES string of the molecule is CC(C)CCCNCCN(C)C1CCC(C)(C)CC1. The molecule has 114 valence electrons. The van der Waals surface area contributed by atoms with Crippen LogP contribution in [-0.2, 0) is 0 Å². The first-order valence-corrected chi connectivity index (χ1v) is 8.32. The molecule has 0 spiro atoms. The molecule has 0 unspecified atom stereocenters. The van der Waals surface area contributed by atoms with Gasteiger partial charge in [-0.1, -0.05) is 27.7 Å². The summed E-state index contributed by atoms with van der Waals surface area (Å²) in [6.07, 6.45) is 8.22. The number of nitrogens with one attached hydrogen (secondary N) is 1. The van der Waals surface area contributed by atoms with E-state index < -0.39 is 0 Å². The van der Waals surface area contributed by atoms with E-state index in [1.807, 2.05) is 0 Å². The summed E-state index contributed by atoms with van der Waals surface area (Å²) in [5.74, 6) is 0.843. The van der Waals surface area contributed by atoms with Gasteiger partial charge in [0.1, 0.15) is 0 Å². The van der Waals surface area contributed by atoms with Crippen molar-refractivity contribution in [2.75, 3.05) is 26.7 Å². The zero-order valence-corrected chi connectivity index (χ0v) is 14.0. The van der Waals surface area contributed by atoms with E-state index >= 15 is 0 Å². The van der Waals surface area contributed by atoms with Crippen LogP contribution in [0.2, 0.25) is 0 Å². The molecule has 0 aromatic rings. The Morgan fingerprint density at radius 3 is 2.37 bits per heavy atom. The molecule has 1 rings (SSSR count). The second-order valence-corrected chi connectivity index (χ2v) is 7.66. The zero-order chi connectivity index (χ0) is 14.3. The number of hydrogen-bond donors (Lipinski definition) is 1. The highest BCUT2D eigenvalue weighted by molar-refractivity contribution is 4.82. The number of nitrogens with zero attached hydrogens (tertiary/aromatic N) is 1. The summed E-state index contributed by atoms with van der Waals surface area (Å²) in [5.41, 5.74) is 0.590. The van der Waals surface area contributed by atoms with Crippen molar-refractivity contribution in [1.29, 1.82) is 0 Å². The second-order valence-electron chi connectivity index (χ2n) is 7.66. The third kappa shape index (κ3) is 7.31. The molecule has 0 aromatic heterocycles. The van der Waals surface area contributed by atoms with Crippen molar-refractivity contribution in [3.05, 3.63) is 0 Å². The van der Waals surface area contributed by atoms with Crippen LogP contribution >= 0.6 is 0 Å². The van der Waals surface area contributed by atoms with Crippen LogP contribution in [0.4, 0.5) is 0 Å². The van der Waals surface area contributed by atoms with E-state index in [1.54, 1.807) is 0 Å². The molecule has 0 aromatic carbocycles. The maximum Gasteiger partial charge on any atom is 0.0107 e. The highest BCUT2D eigenvalue weighted by atomic mass is 15.1. The van der Waals surface area contributed by atoms with Crippen LogP contribution in [0, 0.1) is 11.3 Å². The van der Waals surface area contributed by atoms with Gasteiger partial charge in [-0.3, -0.25) is 0 Å². The predicted molar refractivity (Wildman–Crippen MR) is 85.6 cm³/mol. The Morgan fingerprint density at radius 2 is 1.79 bits per heavy atom. The maximum atomic E-state index is 3.59. The smallest absolute Gasteiger partial charge is 0.0107 e. The van der Waals surface area contributed by atoms with Crippen LogP contribution in [0.1, 0.15) is 66.2 Å². The monoisotopic (exact) mass is 268 g/mol. The minimum atomic E-state index is 0.590. The molecule has 1 aliphatic carbocycles. The molecule has 0 bridgehead atoms. The molecule has 19 heavy (non-hydrogen) atoms. The summed E-state index contributed by atoms with van der Waals surface area (Å²) in [6, 6.07) is 0.825. The Hall–Kier alpha value is -0.0800. The molecule has 1 saturated carbocycles. The summed E-state index contributed by atoms with van der Waals surface area (Å²) in [5, 5.41) is 3.59. The summed E-state index contributed by atoms with van der Waals surface area (Å²) in [4.78, 5) is 2.57. The van der Waals surface area contributed by atoms with Crippen molar-refractivity contribution in [3.8, 4) is 0 Å². The number of hydrogen-bond acceptors (Lipinski definition) is 2. The lowest BCUT2D eigenvalue weighted by Crippen LogP contribution is -2.40. The minimum Gasteiger partial charge on any atom is -0.315 e. The van der Waals surface area contributed by atoms with E-state index in [4.69, 9.17) is 0 Å². The van der Waals surface area contributed by atoms with Crippen molar-refractivity contribution >= 4 is 0 Å². The van der Waals surface area contributed by atoms with Gasteiger partial charge >= 0.3 is 0 Å². The Bertz CT molecular complexity index is 225. The fourth-order valence-corrected chi connectivity index (χ4v) is 3.02. The molecule has 1 N–H and O–H groups in total. The first-order chi connectivity index (χ1) is 8.91. The minimum absolute atomic E-state index is 0.590. The van der Waals surface area contributed by atoms with Crippen LogP contribution in [0.15, 0.2) is 0 Å². The average Bonchev–Trinajstić information content (AvgIpc) is 2.32. The lowest BCUT2D eigenvalue weighted by atomic mass is 9.75. The third-order valence-corrected chi connectivity index (χ3v) is 4.71. The molecule has 0 radical (unpaired) electrons. The van der Waals surface area contributed by atoms with E-state index in [-0.39, 0.29) is 0 Å². The average molecular weight is 268 g/mol. The topological polar surface area (TPSA) is 15.3 Å². The highest BCUT2D eigenvalue weighted by Crippen LogP contribution is 2.36. The summed E-state index contributed by atoms with van der Waals surface area (Å²) < 4.78 is 0. The van der Waals surface area contributed by atoms with Gasteiger partial charge in [0.2, 0.25) is 0 Å². The van der Waals surface area contributed by atoms with Gasteiger partial charge in [-0.05, 0) is 63.5 Å². The highest BCUT2D eigenvalue weighted by Gasteiger charge is 2.28. The van der Waals surface area contributed by atoms with E-state index in [0.717, 1.165) is 18.5 Å². The molecular weight excluding hydrogens is 232 g/mol. The van der Waals surface area contributed by atoms with E-state index in [2.05, 4.69) is 45.0 Å². The fourth-order valence-electron chi connectivity index (χ4n) is 3.02. The van der Waals surface area contributed by atoms with Crippen LogP contribution in [0.25, 0.3) is 0 Å². The van der Waals surface area contributed by atoms with Crippen molar-refractivity contribution in [3.63, 3.8) is 0 Å². The first-order valence-electron chi connectivity index (χ1n) is 8.32. The summed E-state index contributed by atoms with van der Waals surface area (Å²) >= 11 is 0. The third-order valence-electron chi connectivity index (χ3n) is 4.71. The van der Waals surface area contributed by atoms with Crippen LogP contribution in [-0.4, -0.2) is 37.6 Å². The van der Waals surface area contributed by atoms with Gasteiger partial charge in [0.05, 0.1) is 0 Å². The standard InChI is InChI=1S/C17H36N2/c1-15(2)7-6-12-18-13-14-19(5)16-8-10-17(3,4)11-9-16/h15-16,18H,6-14H2,1-5H3. The quantitative estimate of drug-likeness (QED) is 0.671. The molecule has 2 nitrogen and oxygen atoms in total. The molecule has 1 aliphatic rings. The van der Waals surface area contributed by atoms with Crippen LogP contribution < -0.4 is 5.32 Å². The predicted octanol–water partition coefficient (Wildman–Crippen LogP) is 3.91. The Morgan fingerprint density at radius 1 is 1.16 bits per heavy atom. The van der Waals surface area contributed by atoms with E-state index in [0.29, 0.717) is 5.41 Å². The fraction of sp³-hybridized carbons (Fsp3) is 1.00. The molecule has 0 atom stereocenters. The normalized spacial score (nSPS) is 20.4. The first kappa shape index (κ1) is 17.0. The molecule has 0 amide bonds. The molecule has 0 saturated heterocycles. The lowest BCUT2D eigenvalue weighted by molar-refractivity contribution is 0.128. The van der Waals surface area contributed by atoms with Crippen molar-refractivity contribution in [2.45, 2.75) is 72.3 Å². The van der Waals surface area contributed by atoms with Crippen molar-refractivity contribution < 1.29 is 0 Å². The van der Waals surface area contributed by atoms with Crippen molar-refractivity contribution in [1.82, 2.24) is 10.2 Å². The van der Waals surface area contributed by atoms with Gasteiger partial charge in [-0.25, -0.2) is 0 Å². The van der Waals surface area contributed by atoms with Gasteiger partial charge in [-0.2, -0.15) is 0 Å². The van der Waals surface area contributed by atoms with Gasteiger partial charge in [0.25, 0.3) is 0 Å². The molecule has 0 heterocycles. The van der Waals surface area contributed by atoms with E-state index in [9.17, 15) is 0 Å². The second kappa shape index (κ2) is 8.26. The number of rotatable bonds is 8. The van der Waals surface area contributed by atoms with Gasteiger partial charge in [0.15, 0.2) is 0 Å².